The largest absolute Gasteiger partial charge is 0.334 e. The van der Waals surface area contributed by atoms with Gasteiger partial charge in [0.2, 0.25) is 0 Å². The Hall–Kier alpha value is -3.13. The molecule has 8 heteroatoms. The lowest BCUT2D eigenvalue weighted by molar-refractivity contribution is 0.199. The third-order valence-electron chi connectivity index (χ3n) is 4.20. The maximum Gasteiger partial charge on any atom is 0.334 e. The molecule has 0 radical (unpaired) electrons. The molecule has 1 unspecified atom stereocenters. The summed E-state index contributed by atoms with van der Waals surface area (Å²) in [7, 11) is 0. The standard InChI is InChI=1S/C18H17N5O2S/c1-10-7-15(16-6-3-11(2)26-16)21-18(25)23(10)17(24)20-13-4-5-14-12(8-13)9-19-22-14/h3-9,15H,1-2H3,(H,19,22)(H,20,24)(H,21,25). The summed E-state index contributed by atoms with van der Waals surface area (Å²) in [6.45, 7) is 3.77. The number of nitrogens with one attached hydrogen (secondary N) is 3. The Balaban J connectivity index is 1.54. The molecule has 4 rings (SSSR count). The molecule has 3 heterocycles. The normalized spacial score (nSPS) is 17.2. The Labute approximate surface area is 153 Å². The van der Waals surface area contributed by atoms with Gasteiger partial charge in [-0.2, -0.15) is 5.10 Å². The zero-order valence-corrected chi connectivity index (χ0v) is 15.1. The molecule has 7 nitrogen and oxygen atoms in total. The number of amides is 4. The van der Waals surface area contributed by atoms with Gasteiger partial charge in [-0.3, -0.25) is 5.10 Å². The second-order valence-corrected chi connectivity index (χ2v) is 7.44. The van der Waals surface area contributed by atoms with Crippen LogP contribution in [0.2, 0.25) is 0 Å². The van der Waals surface area contributed by atoms with Crippen LogP contribution >= 0.6 is 11.3 Å². The van der Waals surface area contributed by atoms with E-state index < -0.39 is 12.1 Å². The van der Waals surface area contributed by atoms with Crippen molar-refractivity contribution in [2.75, 3.05) is 5.32 Å². The van der Waals surface area contributed by atoms with Crippen molar-refractivity contribution < 1.29 is 9.59 Å². The Morgan fingerprint density at radius 1 is 1.27 bits per heavy atom. The molecule has 3 aromatic rings. The molecule has 1 aliphatic rings. The SMILES string of the molecule is CC1=CC(c2ccc(C)s2)NC(=O)N1C(=O)Nc1ccc2[nH]ncc2c1. The minimum absolute atomic E-state index is 0.215. The van der Waals surface area contributed by atoms with E-state index in [0.717, 1.165) is 20.7 Å². The zero-order chi connectivity index (χ0) is 18.3. The van der Waals surface area contributed by atoms with Crippen molar-refractivity contribution in [3.63, 3.8) is 0 Å². The molecule has 1 atom stereocenters. The molecule has 0 saturated heterocycles. The molecule has 3 N–H and O–H groups in total. The van der Waals surface area contributed by atoms with Gasteiger partial charge >= 0.3 is 12.1 Å². The summed E-state index contributed by atoms with van der Waals surface area (Å²) in [5.41, 5.74) is 2.07. The number of rotatable bonds is 2. The lowest BCUT2D eigenvalue weighted by atomic mass is 10.1. The fraction of sp³-hybridized carbons (Fsp3) is 0.167. The maximum atomic E-state index is 12.6. The second-order valence-electron chi connectivity index (χ2n) is 6.12. The highest BCUT2D eigenvalue weighted by atomic mass is 32.1. The van der Waals surface area contributed by atoms with Crippen molar-refractivity contribution in [3.05, 3.63) is 58.1 Å². The van der Waals surface area contributed by atoms with Gasteiger partial charge in [0.1, 0.15) is 0 Å². The van der Waals surface area contributed by atoms with Crippen LogP contribution in [0.3, 0.4) is 0 Å². The number of H-pyrrole nitrogens is 1. The summed E-state index contributed by atoms with van der Waals surface area (Å²) in [6, 6.07) is 8.23. The molecule has 2 aromatic heterocycles. The average molecular weight is 367 g/mol. The van der Waals surface area contributed by atoms with Gasteiger partial charge in [0.05, 0.1) is 17.8 Å². The molecule has 0 bridgehead atoms. The number of urea groups is 2. The number of hydrogen-bond donors (Lipinski definition) is 3. The molecule has 0 aliphatic carbocycles. The van der Waals surface area contributed by atoms with Gasteiger partial charge in [0.25, 0.3) is 0 Å². The average Bonchev–Trinajstić information content (AvgIpc) is 3.22. The first kappa shape index (κ1) is 16.3. The van der Waals surface area contributed by atoms with E-state index in [1.165, 1.54) is 4.88 Å². The van der Waals surface area contributed by atoms with Crippen molar-refractivity contribution in [1.82, 2.24) is 20.4 Å². The van der Waals surface area contributed by atoms with Crippen molar-refractivity contribution in [2.45, 2.75) is 19.9 Å². The quantitative estimate of drug-likeness (QED) is 0.636. The Morgan fingerprint density at radius 2 is 2.12 bits per heavy atom. The van der Waals surface area contributed by atoms with Crippen LogP contribution in [-0.2, 0) is 0 Å². The van der Waals surface area contributed by atoms with E-state index in [4.69, 9.17) is 0 Å². The molecule has 0 spiro atoms. The summed E-state index contributed by atoms with van der Waals surface area (Å²) in [5.74, 6) is 0. The predicted octanol–water partition coefficient (Wildman–Crippen LogP) is 4.14. The highest BCUT2D eigenvalue weighted by Crippen LogP contribution is 2.28. The summed E-state index contributed by atoms with van der Waals surface area (Å²) in [5, 5.41) is 13.3. The highest BCUT2D eigenvalue weighted by molar-refractivity contribution is 7.12. The lowest BCUT2D eigenvalue weighted by Gasteiger charge is -2.29. The lowest BCUT2D eigenvalue weighted by Crippen LogP contribution is -2.48. The molecule has 0 fully saturated rings. The molecular formula is C18H17N5O2S. The molecule has 132 valence electrons. The number of carbonyl (C=O) groups is 2. The van der Waals surface area contributed by atoms with E-state index in [1.54, 1.807) is 36.6 Å². The Kier molecular flexibility index (Phi) is 3.96. The van der Waals surface area contributed by atoms with Crippen LogP contribution < -0.4 is 10.6 Å². The zero-order valence-electron chi connectivity index (χ0n) is 14.2. The van der Waals surface area contributed by atoms with Crippen molar-refractivity contribution in [3.8, 4) is 0 Å². The van der Waals surface area contributed by atoms with E-state index >= 15 is 0 Å². The smallest absolute Gasteiger partial charge is 0.326 e. The number of aromatic nitrogens is 2. The van der Waals surface area contributed by atoms with Gasteiger partial charge in [-0.15, -0.1) is 11.3 Å². The number of anilines is 1. The van der Waals surface area contributed by atoms with Crippen LogP contribution in [-0.4, -0.2) is 27.2 Å². The van der Waals surface area contributed by atoms with E-state index in [1.807, 2.05) is 31.2 Å². The van der Waals surface area contributed by atoms with Crippen LogP contribution in [0.25, 0.3) is 10.9 Å². The van der Waals surface area contributed by atoms with Crippen LogP contribution in [0.1, 0.15) is 22.7 Å². The summed E-state index contributed by atoms with van der Waals surface area (Å²) in [6.07, 6.45) is 3.56. The summed E-state index contributed by atoms with van der Waals surface area (Å²) < 4.78 is 0. The van der Waals surface area contributed by atoms with E-state index in [0.29, 0.717) is 11.4 Å². The summed E-state index contributed by atoms with van der Waals surface area (Å²) >= 11 is 1.63. The molecule has 4 amide bonds. The number of aromatic amines is 1. The first-order valence-corrected chi connectivity index (χ1v) is 8.92. The number of hydrogen-bond acceptors (Lipinski definition) is 4. The van der Waals surface area contributed by atoms with Crippen LogP contribution in [0.4, 0.5) is 15.3 Å². The number of allylic oxidation sites excluding steroid dienone is 1. The third-order valence-corrected chi connectivity index (χ3v) is 5.29. The molecular weight excluding hydrogens is 350 g/mol. The first-order chi connectivity index (χ1) is 12.5. The van der Waals surface area contributed by atoms with Gasteiger partial charge < -0.3 is 10.6 Å². The monoisotopic (exact) mass is 367 g/mol. The van der Waals surface area contributed by atoms with Crippen LogP contribution in [0.5, 0.6) is 0 Å². The van der Waals surface area contributed by atoms with Crippen molar-refractivity contribution in [2.24, 2.45) is 0 Å². The molecule has 1 aromatic carbocycles. The van der Waals surface area contributed by atoms with Gasteiger partial charge in [0, 0.05) is 26.5 Å². The van der Waals surface area contributed by atoms with Gasteiger partial charge in [-0.25, -0.2) is 14.5 Å². The fourth-order valence-corrected chi connectivity index (χ4v) is 3.84. The van der Waals surface area contributed by atoms with Crippen LogP contribution in [0.15, 0.2) is 48.3 Å². The molecule has 26 heavy (non-hydrogen) atoms. The first-order valence-electron chi connectivity index (χ1n) is 8.11. The number of fused-ring (bicyclic) bond motifs is 1. The number of nitrogens with zero attached hydrogens (tertiary/aromatic N) is 2. The fourth-order valence-electron chi connectivity index (χ4n) is 2.94. The third kappa shape index (κ3) is 2.95. The Morgan fingerprint density at radius 3 is 2.85 bits per heavy atom. The number of carbonyl (C=O) groups excluding carboxylic acids is 2. The number of thiophene rings is 1. The number of aryl methyl sites for hydroxylation is 1. The minimum atomic E-state index is -0.500. The van der Waals surface area contributed by atoms with E-state index in [9.17, 15) is 9.59 Å². The van der Waals surface area contributed by atoms with Gasteiger partial charge in [0.15, 0.2) is 0 Å². The predicted molar refractivity (Wildman–Crippen MR) is 101 cm³/mol. The molecule has 0 saturated carbocycles. The van der Waals surface area contributed by atoms with Crippen LogP contribution in [0, 0.1) is 6.92 Å². The van der Waals surface area contributed by atoms with E-state index in [2.05, 4.69) is 20.8 Å². The minimum Gasteiger partial charge on any atom is -0.326 e. The van der Waals surface area contributed by atoms with Crippen molar-refractivity contribution >= 4 is 40.0 Å². The number of benzene rings is 1. The number of imide groups is 1. The highest BCUT2D eigenvalue weighted by Gasteiger charge is 2.30. The maximum absolute atomic E-state index is 12.6. The van der Waals surface area contributed by atoms with E-state index in [-0.39, 0.29) is 6.04 Å². The molecule has 1 aliphatic heterocycles. The van der Waals surface area contributed by atoms with Gasteiger partial charge in [-0.05, 0) is 50.3 Å². The summed E-state index contributed by atoms with van der Waals surface area (Å²) in [4.78, 5) is 28.4. The van der Waals surface area contributed by atoms with Gasteiger partial charge in [-0.1, -0.05) is 0 Å². The second kappa shape index (κ2) is 6.30. The topological polar surface area (TPSA) is 90.1 Å². The Bertz CT molecular complexity index is 1040. The van der Waals surface area contributed by atoms with Crippen molar-refractivity contribution in [1.29, 1.82) is 0 Å².